The van der Waals surface area contributed by atoms with Crippen molar-refractivity contribution >= 4 is 22.9 Å². The maximum Gasteiger partial charge on any atom is 0.0838 e. The number of aromatic nitrogens is 2. The third-order valence-electron chi connectivity index (χ3n) is 3.71. The zero-order valence-electron chi connectivity index (χ0n) is 11.4. The summed E-state index contributed by atoms with van der Waals surface area (Å²) in [5, 5.41) is 4.92. The molecular formula is C14H18ClN3OS. The van der Waals surface area contributed by atoms with Crippen LogP contribution in [0.3, 0.4) is 0 Å². The highest BCUT2D eigenvalue weighted by Crippen LogP contribution is 2.36. The first-order valence-electron chi connectivity index (χ1n) is 6.78. The first kappa shape index (κ1) is 14.1. The lowest BCUT2D eigenvalue weighted by atomic mass is 10.1. The molecule has 1 atom stereocenters. The minimum atomic E-state index is -0.211. The maximum absolute atomic E-state index is 6.42. The molecule has 0 spiro atoms. The van der Waals surface area contributed by atoms with Gasteiger partial charge in [0.2, 0.25) is 0 Å². The highest BCUT2D eigenvalue weighted by Gasteiger charge is 2.23. The second-order valence-corrected chi connectivity index (χ2v) is 6.60. The maximum atomic E-state index is 6.42. The van der Waals surface area contributed by atoms with Crippen LogP contribution in [0.1, 0.15) is 33.5 Å². The molecule has 6 heteroatoms. The van der Waals surface area contributed by atoms with Crippen molar-refractivity contribution in [2.75, 3.05) is 13.7 Å². The van der Waals surface area contributed by atoms with E-state index >= 15 is 0 Å². The van der Waals surface area contributed by atoms with Crippen molar-refractivity contribution in [3.05, 3.63) is 38.3 Å². The Hall–Kier alpha value is -0.880. The molecule has 4 nitrogen and oxygen atoms in total. The summed E-state index contributed by atoms with van der Waals surface area (Å²) >= 11 is 8.08. The third-order valence-corrected chi connectivity index (χ3v) is 5.32. The molecule has 0 amide bonds. The molecule has 0 bridgehead atoms. The molecule has 0 saturated heterocycles. The summed E-state index contributed by atoms with van der Waals surface area (Å²) < 4.78 is 6.95. The number of hydrogen-bond donors (Lipinski definition) is 1. The van der Waals surface area contributed by atoms with Crippen LogP contribution in [0.5, 0.6) is 0 Å². The minimum Gasteiger partial charge on any atom is -0.383 e. The van der Waals surface area contributed by atoms with E-state index < -0.39 is 0 Å². The standard InChI is InChI=1S/C14H18ClN3OS/c1-19-6-5-18-14(10(15)8-17-18)13(16)12-7-9-3-2-4-11(9)20-12/h7-8,13H,2-6,16H2,1H3. The molecule has 0 fully saturated rings. The van der Waals surface area contributed by atoms with E-state index in [2.05, 4.69) is 11.2 Å². The molecular weight excluding hydrogens is 294 g/mol. The molecule has 20 heavy (non-hydrogen) atoms. The van der Waals surface area contributed by atoms with E-state index in [1.54, 1.807) is 13.3 Å². The van der Waals surface area contributed by atoms with Gasteiger partial charge in [0.25, 0.3) is 0 Å². The zero-order chi connectivity index (χ0) is 14.1. The lowest BCUT2D eigenvalue weighted by Crippen LogP contribution is -2.18. The van der Waals surface area contributed by atoms with E-state index in [4.69, 9.17) is 22.1 Å². The van der Waals surface area contributed by atoms with Crippen LogP contribution in [-0.4, -0.2) is 23.5 Å². The third kappa shape index (κ3) is 2.51. The molecule has 3 rings (SSSR count). The Kier molecular flexibility index (Phi) is 4.12. The van der Waals surface area contributed by atoms with Gasteiger partial charge in [0.1, 0.15) is 0 Å². The Morgan fingerprint density at radius 2 is 2.40 bits per heavy atom. The van der Waals surface area contributed by atoms with Crippen molar-refractivity contribution in [2.24, 2.45) is 5.73 Å². The van der Waals surface area contributed by atoms with Crippen molar-refractivity contribution in [1.29, 1.82) is 0 Å². The molecule has 2 N–H and O–H groups in total. The fourth-order valence-corrected chi connectivity index (χ4v) is 4.20. The number of nitrogens with two attached hydrogens (primary N) is 1. The van der Waals surface area contributed by atoms with Gasteiger partial charge in [-0.1, -0.05) is 11.6 Å². The van der Waals surface area contributed by atoms with Crippen molar-refractivity contribution < 1.29 is 4.74 Å². The smallest absolute Gasteiger partial charge is 0.0838 e. The lowest BCUT2D eigenvalue weighted by Gasteiger charge is -2.13. The average molecular weight is 312 g/mol. The van der Waals surface area contributed by atoms with Gasteiger partial charge in [-0.15, -0.1) is 11.3 Å². The SMILES string of the molecule is COCCn1ncc(Cl)c1C(N)c1cc2c(s1)CCC2. The van der Waals surface area contributed by atoms with Crippen molar-refractivity contribution in [1.82, 2.24) is 9.78 Å². The number of aryl methyl sites for hydroxylation is 2. The van der Waals surface area contributed by atoms with Crippen molar-refractivity contribution in [3.8, 4) is 0 Å². The molecule has 0 aliphatic heterocycles. The van der Waals surface area contributed by atoms with E-state index in [0.717, 1.165) is 5.69 Å². The van der Waals surface area contributed by atoms with Crippen LogP contribution >= 0.6 is 22.9 Å². The van der Waals surface area contributed by atoms with Gasteiger partial charge in [0, 0.05) is 16.9 Å². The summed E-state index contributed by atoms with van der Waals surface area (Å²) in [6, 6.07) is 2.03. The number of hydrogen-bond acceptors (Lipinski definition) is 4. The van der Waals surface area contributed by atoms with Gasteiger partial charge < -0.3 is 10.5 Å². The van der Waals surface area contributed by atoms with Crippen LogP contribution in [0, 0.1) is 0 Å². The van der Waals surface area contributed by atoms with E-state index in [-0.39, 0.29) is 6.04 Å². The second-order valence-electron chi connectivity index (χ2n) is 5.02. The predicted octanol–water partition coefficient (Wildman–Crippen LogP) is 2.78. The summed E-state index contributed by atoms with van der Waals surface area (Å²) in [5.74, 6) is 0. The van der Waals surface area contributed by atoms with Gasteiger partial charge in [-0.2, -0.15) is 5.10 Å². The molecule has 2 aromatic rings. The van der Waals surface area contributed by atoms with Crippen LogP contribution in [0.25, 0.3) is 0 Å². The first-order chi connectivity index (χ1) is 9.70. The topological polar surface area (TPSA) is 53.1 Å². The van der Waals surface area contributed by atoms with E-state index in [0.29, 0.717) is 18.2 Å². The summed E-state index contributed by atoms with van der Waals surface area (Å²) in [4.78, 5) is 2.66. The number of fused-ring (bicyclic) bond motifs is 1. The molecule has 2 heterocycles. The fraction of sp³-hybridized carbons (Fsp3) is 0.500. The van der Waals surface area contributed by atoms with Gasteiger partial charge in [-0.25, -0.2) is 0 Å². The Labute approximate surface area is 127 Å². The average Bonchev–Trinajstić information content (AvgIpc) is 3.09. The van der Waals surface area contributed by atoms with Crippen molar-refractivity contribution in [3.63, 3.8) is 0 Å². The highest BCUT2D eigenvalue weighted by atomic mass is 35.5. The molecule has 108 valence electrons. The first-order valence-corrected chi connectivity index (χ1v) is 7.97. The Morgan fingerprint density at radius 3 is 3.15 bits per heavy atom. The number of halogens is 1. The van der Waals surface area contributed by atoms with Gasteiger partial charge in [0.15, 0.2) is 0 Å². The number of ether oxygens (including phenoxy) is 1. The molecule has 1 unspecified atom stereocenters. The number of thiophene rings is 1. The van der Waals surface area contributed by atoms with Crippen LogP contribution in [-0.2, 0) is 24.1 Å². The lowest BCUT2D eigenvalue weighted by molar-refractivity contribution is 0.182. The second kappa shape index (κ2) is 5.85. The van der Waals surface area contributed by atoms with Crippen molar-refractivity contribution in [2.45, 2.75) is 31.8 Å². The molecule has 2 aromatic heterocycles. The monoisotopic (exact) mass is 311 g/mol. The molecule has 0 aromatic carbocycles. The highest BCUT2D eigenvalue weighted by molar-refractivity contribution is 7.12. The van der Waals surface area contributed by atoms with Crippen LogP contribution in [0.4, 0.5) is 0 Å². The molecule has 1 aliphatic rings. The van der Waals surface area contributed by atoms with Gasteiger partial charge >= 0.3 is 0 Å². The minimum absolute atomic E-state index is 0.211. The molecule has 1 aliphatic carbocycles. The van der Waals surface area contributed by atoms with Crippen LogP contribution in [0.2, 0.25) is 5.02 Å². The Morgan fingerprint density at radius 1 is 1.55 bits per heavy atom. The van der Waals surface area contributed by atoms with E-state index in [1.807, 2.05) is 16.0 Å². The zero-order valence-corrected chi connectivity index (χ0v) is 13.0. The number of rotatable bonds is 5. The Balaban J connectivity index is 1.89. The quantitative estimate of drug-likeness (QED) is 0.924. The number of nitrogens with zero attached hydrogens (tertiary/aromatic N) is 2. The van der Waals surface area contributed by atoms with E-state index in [9.17, 15) is 0 Å². The fourth-order valence-electron chi connectivity index (χ4n) is 2.68. The summed E-state index contributed by atoms with van der Waals surface area (Å²) in [5.41, 5.74) is 8.76. The summed E-state index contributed by atoms with van der Waals surface area (Å²) in [6.45, 7) is 1.26. The Bertz CT molecular complexity index is 586. The van der Waals surface area contributed by atoms with Gasteiger partial charge in [-0.3, -0.25) is 4.68 Å². The number of methoxy groups -OCH3 is 1. The van der Waals surface area contributed by atoms with Crippen LogP contribution < -0.4 is 5.73 Å². The molecule has 0 saturated carbocycles. The normalized spacial score (nSPS) is 15.6. The van der Waals surface area contributed by atoms with Gasteiger partial charge in [0.05, 0.1) is 36.1 Å². The predicted molar refractivity (Wildman–Crippen MR) is 81.5 cm³/mol. The largest absolute Gasteiger partial charge is 0.383 e. The summed E-state index contributed by atoms with van der Waals surface area (Å²) in [7, 11) is 1.68. The van der Waals surface area contributed by atoms with Crippen LogP contribution in [0.15, 0.2) is 12.3 Å². The summed E-state index contributed by atoms with van der Waals surface area (Å²) in [6.07, 6.45) is 5.29. The molecule has 0 radical (unpaired) electrons. The van der Waals surface area contributed by atoms with Gasteiger partial charge in [-0.05, 0) is 30.9 Å². The van der Waals surface area contributed by atoms with E-state index in [1.165, 1.54) is 34.6 Å².